The van der Waals surface area contributed by atoms with Crippen molar-refractivity contribution in [3.05, 3.63) is 88.5 Å². The van der Waals surface area contributed by atoms with Crippen LogP contribution in [-0.4, -0.2) is 26.2 Å². The van der Waals surface area contributed by atoms with E-state index >= 15 is 0 Å². The molecule has 2 heterocycles. The van der Waals surface area contributed by atoms with E-state index in [0.29, 0.717) is 28.5 Å². The molecule has 0 bridgehead atoms. The highest BCUT2D eigenvalue weighted by atomic mass is 35.5. The Morgan fingerprint density at radius 1 is 1.12 bits per heavy atom. The van der Waals surface area contributed by atoms with Gasteiger partial charge in [0.2, 0.25) is 0 Å². The van der Waals surface area contributed by atoms with Crippen molar-refractivity contribution in [3.63, 3.8) is 0 Å². The second kappa shape index (κ2) is 9.20. The van der Waals surface area contributed by atoms with Gasteiger partial charge in [-0.15, -0.1) is 0 Å². The summed E-state index contributed by atoms with van der Waals surface area (Å²) >= 11 is 6.13. The van der Waals surface area contributed by atoms with Crippen LogP contribution in [0.2, 0.25) is 5.02 Å². The molecule has 34 heavy (non-hydrogen) atoms. The summed E-state index contributed by atoms with van der Waals surface area (Å²) in [6.45, 7) is 7.77. The first kappa shape index (κ1) is 23.9. The highest BCUT2D eigenvalue weighted by Crippen LogP contribution is 2.40. The maximum Gasteiger partial charge on any atom is 0.337 e. The minimum atomic E-state index is -1.21. The standard InChI is InChI=1S/C27H26ClFN2O3/c1-16-22(24(26(32)33)34-27(2,3)4)23(18-7-9-19(28)10-8-18)21-13-14-31(25(21)30-16)15-17-5-11-20(29)12-6-17/h5-14,24H,15H2,1-4H3,(H,32,33)/t24-/m0/s1. The lowest BCUT2D eigenvalue weighted by Gasteiger charge is -2.28. The molecule has 0 aliphatic heterocycles. The number of rotatable bonds is 6. The van der Waals surface area contributed by atoms with Crippen LogP contribution in [0.1, 0.15) is 43.7 Å². The fraction of sp³-hybridized carbons (Fsp3) is 0.259. The van der Waals surface area contributed by atoms with E-state index in [1.807, 2.05) is 49.7 Å². The molecule has 7 heteroatoms. The van der Waals surface area contributed by atoms with E-state index in [1.165, 1.54) is 12.1 Å². The van der Waals surface area contributed by atoms with Crippen LogP contribution in [0, 0.1) is 12.7 Å². The van der Waals surface area contributed by atoms with E-state index in [4.69, 9.17) is 21.3 Å². The Balaban J connectivity index is 1.95. The van der Waals surface area contributed by atoms with Gasteiger partial charge in [-0.05, 0) is 69.2 Å². The first-order valence-corrected chi connectivity index (χ1v) is 11.3. The smallest absolute Gasteiger partial charge is 0.337 e. The molecule has 0 radical (unpaired) electrons. The average Bonchev–Trinajstić information content (AvgIpc) is 3.15. The maximum absolute atomic E-state index is 13.4. The highest BCUT2D eigenvalue weighted by Gasteiger charge is 2.32. The molecule has 0 fully saturated rings. The number of hydrogen-bond acceptors (Lipinski definition) is 3. The zero-order valence-electron chi connectivity index (χ0n) is 19.5. The molecule has 4 rings (SSSR count). The molecule has 0 aliphatic rings. The van der Waals surface area contributed by atoms with E-state index < -0.39 is 17.7 Å². The van der Waals surface area contributed by atoms with Gasteiger partial charge in [0.1, 0.15) is 11.5 Å². The summed E-state index contributed by atoms with van der Waals surface area (Å²) in [6.07, 6.45) is 0.701. The van der Waals surface area contributed by atoms with E-state index in [9.17, 15) is 14.3 Å². The van der Waals surface area contributed by atoms with Crippen LogP contribution in [0.15, 0.2) is 60.8 Å². The van der Waals surface area contributed by atoms with Crippen LogP contribution in [0.4, 0.5) is 4.39 Å². The predicted molar refractivity (Wildman–Crippen MR) is 132 cm³/mol. The SMILES string of the molecule is Cc1nc2c(ccn2Cc2ccc(F)cc2)c(-c2ccc(Cl)cc2)c1[C@H](OC(C)(C)C)C(=O)O. The number of carboxylic acids is 1. The minimum absolute atomic E-state index is 0.289. The average molecular weight is 481 g/mol. The first-order chi connectivity index (χ1) is 16.0. The van der Waals surface area contributed by atoms with Crippen molar-refractivity contribution in [3.8, 4) is 11.1 Å². The number of aliphatic carboxylic acids is 1. The lowest BCUT2D eigenvalue weighted by molar-refractivity contribution is -0.160. The first-order valence-electron chi connectivity index (χ1n) is 10.9. The maximum atomic E-state index is 13.4. The van der Waals surface area contributed by atoms with Crippen LogP contribution in [0.5, 0.6) is 0 Å². The van der Waals surface area contributed by atoms with Crippen molar-refractivity contribution in [2.45, 2.75) is 45.9 Å². The number of aromatic nitrogens is 2. The van der Waals surface area contributed by atoms with Gasteiger partial charge in [0.25, 0.3) is 0 Å². The van der Waals surface area contributed by atoms with E-state index in [2.05, 4.69) is 0 Å². The molecule has 176 valence electrons. The Labute approximate surface area is 202 Å². The summed E-state index contributed by atoms with van der Waals surface area (Å²) in [4.78, 5) is 17.2. The molecular formula is C27H26ClFN2O3. The van der Waals surface area contributed by atoms with Crippen LogP contribution >= 0.6 is 11.6 Å². The van der Waals surface area contributed by atoms with E-state index in [0.717, 1.165) is 22.1 Å². The van der Waals surface area contributed by atoms with E-state index in [-0.39, 0.29) is 5.82 Å². The fourth-order valence-electron chi connectivity index (χ4n) is 4.08. The number of benzene rings is 2. The van der Waals surface area contributed by atoms with Gasteiger partial charge >= 0.3 is 5.97 Å². The quantitative estimate of drug-likeness (QED) is 0.330. The van der Waals surface area contributed by atoms with Crippen LogP contribution in [-0.2, 0) is 16.1 Å². The molecule has 0 aliphatic carbocycles. The van der Waals surface area contributed by atoms with Gasteiger partial charge in [0.15, 0.2) is 6.10 Å². The van der Waals surface area contributed by atoms with Gasteiger partial charge in [-0.2, -0.15) is 0 Å². The third-order valence-electron chi connectivity index (χ3n) is 5.49. The third-order valence-corrected chi connectivity index (χ3v) is 5.75. The fourth-order valence-corrected chi connectivity index (χ4v) is 4.20. The number of hydrogen-bond donors (Lipinski definition) is 1. The molecule has 0 amide bonds. The lowest BCUT2D eigenvalue weighted by atomic mass is 9.92. The van der Waals surface area contributed by atoms with Crippen molar-refractivity contribution in [2.24, 2.45) is 0 Å². The van der Waals surface area contributed by atoms with Crippen LogP contribution in [0.3, 0.4) is 0 Å². The largest absolute Gasteiger partial charge is 0.479 e. The number of carbonyl (C=O) groups is 1. The summed E-state index contributed by atoms with van der Waals surface area (Å²) in [5.74, 6) is -1.37. The topological polar surface area (TPSA) is 64.4 Å². The second-order valence-electron chi connectivity index (χ2n) is 9.25. The molecule has 2 aromatic heterocycles. The second-order valence-corrected chi connectivity index (χ2v) is 9.69. The predicted octanol–water partition coefficient (Wildman–Crippen LogP) is 6.79. The zero-order chi connectivity index (χ0) is 24.6. The van der Waals surface area contributed by atoms with Gasteiger partial charge in [-0.3, -0.25) is 0 Å². The molecule has 0 unspecified atom stereocenters. The molecule has 0 spiro atoms. The van der Waals surface area contributed by atoms with Crippen LogP contribution in [0.25, 0.3) is 22.2 Å². The lowest BCUT2D eigenvalue weighted by Crippen LogP contribution is -2.28. The van der Waals surface area contributed by atoms with Gasteiger partial charge in [-0.25, -0.2) is 14.2 Å². The number of ether oxygens (including phenoxy) is 1. The Hall–Kier alpha value is -3.22. The summed E-state index contributed by atoms with van der Waals surface area (Å²) < 4.78 is 21.3. The van der Waals surface area contributed by atoms with Crippen LogP contribution < -0.4 is 0 Å². The number of nitrogens with zero attached hydrogens (tertiary/aromatic N) is 2. The summed E-state index contributed by atoms with van der Waals surface area (Å²) in [5, 5.41) is 11.5. The van der Waals surface area contributed by atoms with Gasteiger partial charge < -0.3 is 14.4 Å². The molecule has 0 saturated carbocycles. The highest BCUT2D eigenvalue weighted by molar-refractivity contribution is 6.30. The van der Waals surface area contributed by atoms with Crippen molar-refractivity contribution in [1.82, 2.24) is 9.55 Å². The van der Waals surface area contributed by atoms with Crippen molar-refractivity contribution < 1.29 is 19.0 Å². The van der Waals surface area contributed by atoms with Crippen molar-refractivity contribution >= 4 is 28.6 Å². The monoisotopic (exact) mass is 480 g/mol. The van der Waals surface area contributed by atoms with Gasteiger partial charge in [0.05, 0.1) is 5.60 Å². The number of aryl methyl sites for hydroxylation is 1. The number of carboxylic acid groups (broad SMARTS) is 1. The Bertz CT molecular complexity index is 1340. The molecule has 4 aromatic rings. The van der Waals surface area contributed by atoms with E-state index in [1.54, 1.807) is 31.2 Å². The number of pyridine rings is 1. The molecule has 1 atom stereocenters. The van der Waals surface area contributed by atoms with Gasteiger partial charge in [0, 0.05) is 40.0 Å². The van der Waals surface area contributed by atoms with Crippen molar-refractivity contribution in [2.75, 3.05) is 0 Å². The molecule has 2 aromatic carbocycles. The minimum Gasteiger partial charge on any atom is -0.479 e. The molecular weight excluding hydrogens is 455 g/mol. The van der Waals surface area contributed by atoms with Crippen molar-refractivity contribution in [1.29, 1.82) is 0 Å². The Kier molecular flexibility index (Phi) is 6.47. The van der Waals surface area contributed by atoms with Gasteiger partial charge in [-0.1, -0.05) is 35.9 Å². The third kappa shape index (κ3) is 4.98. The zero-order valence-corrected chi connectivity index (χ0v) is 20.2. The normalized spacial score (nSPS) is 12.8. The number of halogens is 2. The summed E-state index contributed by atoms with van der Waals surface area (Å²) in [7, 11) is 0. The molecule has 5 nitrogen and oxygen atoms in total. The Morgan fingerprint density at radius 2 is 1.76 bits per heavy atom. The number of fused-ring (bicyclic) bond motifs is 1. The molecule has 0 saturated heterocycles. The summed E-state index contributed by atoms with van der Waals surface area (Å²) in [5.41, 5.74) is 3.58. The molecule has 1 N–H and O–H groups in total. The Morgan fingerprint density at radius 3 is 2.35 bits per heavy atom. The summed E-state index contributed by atoms with van der Waals surface area (Å²) in [6, 6.07) is 15.5.